The summed E-state index contributed by atoms with van der Waals surface area (Å²) >= 11 is 0. The van der Waals surface area contributed by atoms with Gasteiger partial charge in [-0.2, -0.15) is 0 Å². The average Bonchev–Trinajstić information content (AvgIpc) is 2.29. The highest BCUT2D eigenvalue weighted by atomic mass is 15.3. The molecule has 2 heterocycles. The quantitative estimate of drug-likeness (QED) is 0.765. The van der Waals surface area contributed by atoms with E-state index in [1.54, 1.807) is 0 Å². The first-order valence-electron chi connectivity index (χ1n) is 6.21. The predicted molar refractivity (Wildman–Crippen MR) is 66.5 cm³/mol. The maximum atomic E-state index is 4.51. The summed E-state index contributed by atoms with van der Waals surface area (Å²) in [6, 6.07) is 1.95. The van der Waals surface area contributed by atoms with Gasteiger partial charge in [0, 0.05) is 25.0 Å². The molecule has 0 amide bonds. The minimum absolute atomic E-state index is 0.757. The minimum Gasteiger partial charge on any atom is -0.341 e. The lowest BCUT2D eigenvalue weighted by Gasteiger charge is -2.34. The predicted octanol–water partition coefficient (Wildman–Crippen LogP) is 2.66. The van der Waals surface area contributed by atoms with Gasteiger partial charge in [-0.3, -0.25) is 0 Å². The Hall–Kier alpha value is -1.12. The molecule has 1 aromatic heterocycles. The van der Waals surface area contributed by atoms with Gasteiger partial charge in [-0.05, 0) is 37.7 Å². The molecule has 1 unspecified atom stereocenters. The van der Waals surface area contributed by atoms with Gasteiger partial charge in [-0.1, -0.05) is 13.8 Å². The molecule has 1 aliphatic rings. The Bertz CT molecular complexity index is 349. The van der Waals surface area contributed by atoms with E-state index in [4.69, 9.17) is 0 Å². The van der Waals surface area contributed by atoms with Crippen molar-refractivity contribution >= 4 is 5.95 Å². The minimum atomic E-state index is 0.757. The second kappa shape index (κ2) is 4.81. The molecule has 88 valence electrons. The van der Waals surface area contributed by atoms with Crippen molar-refractivity contribution in [2.75, 3.05) is 18.0 Å². The zero-order chi connectivity index (χ0) is 11.5. The first-order chi connectivity index (χ1) is 7.66. The zero-order valence-corrected chi connectivity index (χ0v) is 10.5. The third-order valence-corrected chi connectivity index (χ3v) is 3.47. The van der Waals surface area contributed by atoms with E-state index in [-0.39, 0.29) is 0 Å². The first-order valence-corrected chi connectivity index (χ1v) is 6.21. The summed E-state index contributed by atoms with van der Waals surface area (Å²) in [5.41, 5.74) is 1.05. The number of aryl methyl sites for hydroxylation is 1. The molecule has 3 nitrogen and oxygen atoms in total. The van der Waals surface area contributed by atoms with E-state index in [0.29, 0.717) is 0 Å². The molecule has 0 aromatic carbocycles. The van der Waals surface area contributed by atoms with Crippen molar-refractivity contribution in [3.63, 3.8) is 0 Å². The van der Waals surface area contributed by atoms with Crippen LogP contribution in [0, 0.1) is 18.8 Å². The Morgan fingerprint density at radius 1 is 1.44 bits per heavy atom. The number of rotatable bonds is 2. The topological polar surface area (TPSA) is 29.0 Å². The van der Waals surface area contributed by atoms with Crippen molar-refractivity contribution in [1.82, 2.24) is 9.97 Å². The molecule has 0 spiro atoms. The van der Waals surface area contributed by atoms with E-state index < -0.39 is 0 Å². The van der Waals surface area contributed by atoms with Crippen LogP contribution < -0.4 is 4.90 Å². The molecule has 1 saturated heterocycles. The number of hydrogen-bond acceptors (Lipinski definition) is 3. The maximum Gasteiger partial charge on any atom is 0.225 e. The molecule has 0 bridgehead atoms. The molecule has 0 N–H and O–H groups in total. The van der Waals surface area contributed by atoms with Crippen LogP contribution in [0.3, 0.4) is 0 Å². The van der Waals surface area contributed by atoms with Crippen molar-refractivity contribution in [1.29, 1.82) is 0 Å². The van der Waals surface area contributed by atoms with E-state index in [1.165, 1.54) is 12.8 Å². The van der Waals surface area contributed by atoms with E-state index in [0.717, 1.165) is 36.6 Å². The number of piperidine rings is 1. The summed E-state index contributed by atoms with van der Waals surface area (Å²) < 4.78 is 0. The summed E-state index contributed by atoms with van der Waals surface area (Å²) in [4.78, 5) is 11.2. The third kappa shape index (κ3) is 2.52. The van der Waals surface area contributed by atoms with Crippen molar-refractivity contribution in [3.8, 4) is 0 Å². The van der Waals surface area contributed by atoms with Gasteiger partial charge in [0.2, 0.25) is 5.95 Å². The van der Waals surface area contributed by atoms with Crippen LogP contribution in [0.15, 0.2) is 12.3 Å². The lowest BCUT2D eigenvalue weighted by atomic mass is 9.88. The maximum absolute atomic E-state index is 4.51. The molecule has 0 radical (unpaired) electrons. The summed E-state index contributed by atoms with van der Waals surface area (Å²) in [6.45, 7) is 8.86. The van der Waals surface area contributed by atoms with Gasteiger partial charge in [-0.25, -0.2) is 9.97 Å². The molecule has 1 atom stereocenters. The average molecular weight is 219 g/mol. The van der Waals surface area contributed by atoms with Gasteiger partial charge < -0.3 is 4.90 Å². The molecule has 2 rings (SSSR count). The van der Waals surface area contributed by atoms with Crippen molar-refractivity contribution < 1.29 is 0 Å². The summed E-state index contributed by atoms with van der Waals surface area (Å²) in [5, 5.41) is 0. The normalized spacial score (nSPS) is 21.5. The lowest BCUT2D eigenvalue weighted by molar-refractivity contribution is 0.319. The number of hydrogen-bond donors (Lipinski definition) is 0. The highest BCUT2D eigenvalue weighted by Gasteiger charge is 2.23. The van der Waals surface area contributed by atoms with E-state index in [9.17, 15) is 0 Å². The lowest BCUT2D eigenvalue weighted by Crippen LogP contribution is -2.38. The molecule has 0 aliphatic carbocycles. The van der Waals surface area contributed by atoms with Crippen LogP contribution >= 0.6 is 0 Å². The van der Waals surface area contributed by atoms with E-state index >= 15 is 0 Å². The Kier molecular flexibility index (Phi) is 3.42. The van der Waals surface area contributed by atoms with Gasteiger partial charge in [0.05, 0.1) is 0 Å². The fourth-order valence-corrected chi connectivity index (χ4v) is 2.32. The number of aromatic nitrogens is 2. The van der Waals surface area contributed by atoms with Gasteiger partial charge in [-0.15, -0.1) is 0 Å². The Morgan fingerprint density at radius 3 is 2.94 bits per heavy atom. The molecule has 1 aromatic rings. The Morgan fingerprint density at radius 2 is 2.25 bits per heavy atom. The SMILES string of the molecule is Cc1ccnc(N2CCCC(C(C)C)C2)n1. The summed E-state index contributed by atoms with van der Waals surface area (Å²) in [6.07, 6.45) is 4.47. The highest BCUT2D eigenvalue weighted by molar-refractivity contribution is 5.30. The second-order valence-electron chi connectivity index (χ2n) is 5.09. The van der Waals surface area contributed by atoms with Crippen LogP contribution in [0.5, 0.6) is 0 Å². The highest BCUT2D eigenvalue weighted by Crippen LogP contribution is 2.25. The number of nitrogens with zero attached hydrogens (tertiary/aromatic N) is 3. The first kappa shape index (κ1) is 11.4. The van der Waals surface area contributed by atoms with Gasteiger partial charge in [0.1, 0.15) is 0 Å². The van der Waals surface area contributed by atoms with Gasteiger partial charge in [0.15, 0.2) is 0 Å². The Labute approximate surface area is 97.9 Å². The van der Waals surface area contributed by atoms with E-state index in [1.807, 2.05) is 19.2 Å². The smallest absolute Gasteiger partial charge is 0.225 e. The van der Waals surface area contributed by atoms with Crippen LogP contribution in [0.4, 0.5) is 5.95 Å². The fraction of sp³-hybridized carbons (Fsp3) is 0.692. The molecular formula is C13H21N3. The van der Waals surface area contributed by atoms with Crippen molar-refractivity contribution in [3.05, 3.63) is 18.0 Å². The van der Waals surface area contributed by atoms with Crippen LogP contribution in [0.1, 0.15) is 32.4 Å². The van der Waals surface area contributed by atoms with Gasteiger partial charge >= 0.3 is 0 Å². The second-order valence-corrected chi connectivity index (χ2v) is 5.09. The molecule has 3 heteroatoms. The number of anilines is 1. The largest absolute Gasteiger partial charge is 0.341 e. The third-order valence-electron chi connectivity index (χ3n) is 3.47. The zero-order valence-electron chi connectivity index (χ0n) is 10.5. The van der Waals surface area contributed by atoms with Gasteiger partial charge in [0.25, 0.3) is 0 Å². The standard InChI is InChI=1S/C13H21N3/c1-10(2)12-5-4-8-16(9-12)13-14-7-6-11(3)15-13/h6-7,10,12H,4-5,8-9H2,1-3H3. The van der Waals surface area contributed by atoms with Crippen molar-refractivity contribution in [2.24, 2.45) is 11.8 Å². The van der Waals surface area contributed by atoms with Crippen LogP contribution in [-0.2, 0) is 0 Å². The molecular weight excluding hydrogens is 198 g/mol. The monoisotopic (exact) mass is 219 g/mol. The van der Waals surface area contributed by atoms with E-state index in [2.05, 4.69) is 28.7 Å². The van der Waals surface area contributed by atoms with Crippen LogP contribution in [0.2, 0.25) is 0 Å². The summed E-state index contributed by atoms with van der Waals surface area (Å²) in [5.74, 6) is 2.45. The van der Waals surface area contributed by atoms with Crippen LogP contribution in [0.25, 0.3) is 0 Å². The Balaban J connectivity index is 2.09. The summed E-state index contributed by atoms with van der Waals surface area (Å²) in [7, 11) is 0. The van der Waals surface area contributed by atoms with Crippen LogP contribution in [-0.4, -0.2) is 23.1 Å². The van der Waals surface area contributed by atoms with Crippen molar-refractivity contribution in [2.45, 2.75) is 33.6 Å². The molecule has 1 fully saturated rings. The molecule has 0 saturated carbocycles. The molecule has 1 aliphatic heterocycles. The molecule has 16 heavy (non-hydrogen) atoms. The fourth-order valence-electron chi connectivity index (χ4n) is 2.32.